The van der Waals surface area contributed by atoms with Crippen LogP contribution in [0.2, 0.25) is 0 Å². The summed E-state index contributed by atoms with van der Waals surface area (Å²) >= 11 is 2.44. The van der Waals surface area contributed by atoms with Crippen LogP contribution in [-0.4, -0.2) is 15.8 Å². The first kappa shape index (κ1) is 16.3. The summed E-state index contributed by atoms with van der Waals surface area (Å²) in [6, 6.07) is 9.01. The Morgan fingerprint density at radius 1 is 1.33 bits per heavy atom. The van der Waals surface area contributed by atoms with Crippen LogP contribution >= 0.6 is 22.7 Å². The van der Waals surface area contributed by atoms with Gasteiger partial charge in [-0.3, -0.25) is 20.2 Å². The van der Waals surface area contributed by atoms with Gasteiger partial charge < -0.3 is 0 Å². The van der Waals surface area contributed by atoms with Gasteiger partial charge >= 0.3 is 5.00 Å². The molecule has 2 heterocycles. The van der Waals surface area contributed by atoms with E-state index in [1.54, 1.807) is 12.1 Å². The number of thiophene rings is 1. The van der Waals surface area contributed by atoms with Crippen LogP contribution in [0.4, 0.5) is 10.1 Å². The molecular weight excluding hydrogens is 346 g/mol. The monoisotopic (exact) mass is 359 g/mol. The molecule has 1 amide bonds. The lowest BCUT2D eigenvalue weighted by Gasteiger charge is -1.96. The third-order valence-corrected chi connectivity index (χ3v) is 5.24. The zero-order valence-electron chi connectivity index (χ0n) is 12.7. The number of anilines is 1. The van der Waals surface area contributed by atoms with E-state index < -0.39 is 4.92 Å². The summed E-state index contributed by atoms with van der Waals surface area (Å²) in [7, 11) is 0. The van der Waals surface area contributed by atoms with E-state index in [1.165, 1.54) is 23.5 Å². The Balaban J connectivity index is 1.72. The van der Waals surface area contributed by atoms with Gasteiger partial charge in [0.2, 0.25) is 5.91 Å². The third-order valence-electron chi connectivity index (χ3n) is 3.31. The van der Waals surface area contributed by atoms with E-state index in [1.807, 2.05) is 18.2 Å². The van der Waals surface area contributed by atoms with Crippen molar-refractivity contribution in [1.82, 2.24) is 4.98 Å². The lowest BCUT2D eigenvalue weighted by Crippen LogP contribution is -2.07. The van der Waals surface area contributed by atoms with E-state index in [0.717, 1.165) is 33.5 Å². The second kappa shape index (κ2) is 6.90. The molecule has 8 heteroatoms. The number of benzene rings is 1. The molecule has 0 aliphatic heterocycles. The number of carbonyl (C=O) groups excluding carboxylic acids is 1. The quantitative estimate of drug-likeness (QED) is 0.413. The van der Waals surface area contributed by atoms with Crippen LogP contribution in [0.25, 0.3) is 16.3 Å². The van der Waals surface area contributed by atoms with Crippen LogP contribution in [-0.2, 0) is 11.2 Å². The topological polar surface area (TPSA) is 85.1 Å². The molecule has 0 radical (unpaired) electrons. The number of para-hydroxylation sites is 1. The van der Waals surface area contributed by atoms with Crippen molar-refractivity contribution < 1.29 is 9.72 Å². The summed E-state index contributed by atoms with van der Waals surface area (Å²) in [5.74, 6) is -0.317. The smallest absolute Gasteiger partial charge is 0.298 e. The second-order valence-electron chi connectivity index (χ2n) is 4.89. The van der Waals surface area contributed by atoms with Crippen molar-refractivity contribution in [1.29, 1.82) is 0 Å². The molecule has 122 valence electrons. The second-order valence-corrected chi connectivity index (χ2v) is 7.02. The number of thiazole rings is 1. The summed E-state index contributed by atoms with van der Waals surface area (Å²) in [4.78, 5) is 27.3. The molecule has 0 saturated carbocycles. The van der Waals surface area contributed by atoms with Crippen molar-refractivity contribution >= 4 is 55.0 Å². The lowest BCUT2D eigenvalue weighted by molar-refractivity contribution is -0.380. The van der Waals surface area contributed by atoms with Crippen LogP contribution in [0.3, 0.4) is 0 Å². The van der Waals surface area contributed by atoms with Crippen LogP contribution < -0.4 is 5.32 Å². The molecule has 0 fully saturated rings. The van der Waals surface area contributed by atoms with Crippen LogP contribution in [0, 0.1) is 10.1 Å². The average Bonchev–Trinajstić information content (AvgIpc) is 3.18. The molecule has 0 aliphatic carbocycles. The maximum Gasteiger partial charge on any atom is 0.324 e. The minimum Gasteiger partial charge on any atom is -0.298 e. The predicted octanol–water partition coefficient (Wildman–Crippen LogP) is 4.48. The Labute approximate surface area is 145 Å². The minimum atomic E-state index is -0.450. The summed E-state index contributed by atoms with van der Waals surface area (Å²) in [5, 5.41) is 14.0. The van der Waals surface area contributed by atoms with Crippen molar-refractivity contribution in [2.75, 3.05) is 5.32 Å². The molecule has 1 N–H and O–H groups in total. The Morgan fingerprint density at radius 3 is 2.88 bits per heavy atom. The molecular formula is C16H13N3O3S2. The van der Waals surface area contributed by atoms with Gasteiger partial charge in [-0.15, -0.1) is 0 Å². The third kappa shape index (κ3) is 3.50. The first-order valence-corrected chi connectivity index (χ1v) is 8.82. The number of nitrogens with one attached hydrogen (secondary N) is 1. The first-order chi connectivity index (χ1) is 11.6. The number of hydrogen-bond donors (Lipinski definition) is 1. The van der Waals surface area contributed by atoms with Gasteiger partial charge in [-0.1, -0.05) is 41.7 Å². The van der Waals surface area contributed by atoms with E-state index in [-0.39, 0.29) is 10.9 Å². The van der Waals surface area contributed by atoms with Gasteiger partial charge in [0.15, 0.2) is 5.13 Å². The summed E-state index contributed by atoms with van der Waals surface area (Å²) < 4.78 is 1.03. The normalized spacial score (nSPS) is 11.2. The SMILES string of the molecule is CCc1cccc2sc(NC(=O)C=Cc3ccc([N+](=O)[O-])s3)nc12. The number of rotatable bonds is 5. The standard InChI is InChI=1S/C16H13N3O3S2/c1-2-10-4-3-5-12-15(10)18-16(24-12)17-13(20)8-6-11-7-9-14(23-11)19(21)22/h3-9H,2H2,1H3,(H,17,18,20). The number of hydrogen-bond acceptors (Lipinski definition) is 6. The number of aryl methyl sites for hydroxylation is 1. The molecule has 2 aromatic heterocycles. The molecule has 1 aromatic carbocycles. The molecule has 0 spiro atoms. The van der Waals surface area contributed by atoms with Crippen molar-refractivity contribution in [2.45, 2.75) is 13.3 Å². The summed E-state index contributed by atoms with van der Waals surface area (Å²) in [6.45, 7) is 2.06. The summed E-state index contributed by atoms with van der Waals surface area (Å²) in [6.07, 6.45) is 3.78. The molecule has 3 rings (SSSR count). The first-order valence-electron chi connectivity index (χ1n) is 7.18. The van der Waals surface area contributed by atoms with Crippen molar-refractivity contribution in [3.8, 4) is 0 Å². The number of amides is 1. The molecule has 24 heavy (non-hydrogen) atoms. The zero-order valence-corrected chi connectivity index (χ0v) is 14.3. The van der Waals surface area contributed by atoms with Crippen molar-refractivity contribution in [3.63, 3.8) is 0 Å². The highest BCUT2D eigenvalue weighted by atomic mass is 32.1. The van der Waals surface area contributed by atoms with Crippen molar-refractivity contribution in [2.24, 2.45) is 0 Å². The Bertz CT molecular complexity index is 943. The highest BCUT2D eigenvalue weighted by molar-refractivity contribution is 7.22. The highest BCUT2D eigenvalue weighted by Crippen LogP contribution is 2.29. The molecule has 3 aromatic rings. The summed E-state index contributed by atoms with van der Waals surface area (Å²) in [5.41, 5.74) is 2.06. The number of nitro groups is 1. The highest BCUT2D eigenvalue weighted by Gasteiger charge is 2.10. The van der Waals surface area contributed by atoms with Gasteiger partial charge in [0, 0.05) is 17.0 Å². The Hall–Kier alpha value is -2.58. The van der Waals surface area contributed by atoms with E-state index in [4.69, 9.17) is 0 Å². The molecule has 0 aliphatic rings. The largest absolute Gasteiger partial charge is 0.324 e. The van der Waals surface area contributed by atoms with Crippen LogP contribution in [0.5, 0.6) is 0 Å². The number of aromatic nitrogens is 1. The van der Waals surface area contributed by atoms with Crippen LogP contribution in [0.1, 0.15) is 17.4 Å². The Kier molecular flexibility index (Phi) is 4.68. The van der Waals surface area contributed by atoms with Gasteiger partial charge in [0.05, 0.1) is 15.1 Å². The van der Waals surface area contributed by atoms with Gasteiger partial charge in [-0.05, 0) is 30.2 Å². The number of carbonyl (C=O) groups is 1. The average molecular weight is 359 g/mol. The molecule has 0 bridgehead atoms. The van der Waals surface area contributed by atoms with Gasteiger partial charge in [0.1, 0.15) is 0 Å². The molecule has 0 unspecified atom stereocenters. The fourth-order valence-corrected chi connectivity index (χ4v) is 3.82. The number of nitrogens with zero attached hydrogens (tertiary/aromatic N) is 2. The fraction of sp³-hybridized carbons (Fsp3) is 0.125. The van der Waals surface area contributed by atoms with Crippen molar-refractivity contribution in [3.05, 3.63) is 57.0 Å². The van der Waals surface area contributed by atoms with Gasteiger partial charge in [-0.2, -0.15) is 0 Å². The fourth-order valence-electron chi connectivity index (χ4n) is 2.18. The van der Waals surface area contributed by atoms with E-state index in [2.05, 4.69) is 17.2 Å². The van der Waals surface area contributed by atoms with Gasteiger partial charge in [0.25, 0.3) is 0 Å². The molecule has 0 atom stereocenters. The minimum absolute atomic E-state index is 0.0494. The zero-order chi connectivity index (χ0) is 17.1. The number of fused-ring (bicyclic) bond motifs is 1. The van der Waals surface area contributed by atoms with E-state index in [9.17, 15) is 14.9 Å². The molecule has 0 saturated heterocycles. The predicted molar refractivity (Wildman–Crippen MR) is 97.6 cm³/mol. The Morgan fingerprint density at radius 2 is 2.17 bits per heavy atom. The maximum absolute atomic E-state index is 12.0. The maximum atomic E-state index is 12.0. The van der Waals surface area contributed by atoms with E-state index in [0.29, 0.717) is 10.0 Å². The van der Waals surface area contributed by atoms with Gasteiger partial charge in [-0.25, -0.2) is 4.98 Å². The van der Waals surface area contributed by atoms with E-state index >= 15 is 0 Å². The molecule has 6 nitrogen and oxygen atoms in total. The lowest BCUT2D eigenvalue weighted by atomic mass is 10.1. The van der Waals surface area contributed by atoms with Crippen LogP contribution in [0.15, 0.2) is 36.4 Å².